The van der Waals surface area contributed by atoms with E-state index in [1.165, 1.54) is 38.5 Å². The molecule has 0 aromatic carbocycles. The molecule has 0 atom stereocenters. The summed E-state index contributed by atoms with van der Waals surface area (Å²) in [5.74, 6) is 0. The van der Waals surface area contributed by atoms with Crippen molar-refractivity contribution in [2.24, 2.45) is 5.73 Å². The molecule has 0 saturated heterocycles. The van der Waals surface area contributed by atoms with E-state index < -0.39 is 5.72 Å². The van der Waals surface area contributed by atoms with Crippen LogP contribution in [0.4, 0.5) is 0 Å². The van der Waals surface area contributed by atoms with E-state index in [0.29, 0.717) is 0 Å². The van der Waals surface area contributed by atoms with Crippen molar-refractivity contribution in [1.29, 1.82) is 0 Å². The van der Waals surface area contributed by atoms with Gasteiger partial charge in [0.2, 0.25) is 0 Å². The zero-order valence-electron chi connectivity index (χ0n) is 9.00. The van der Waals surface area contributed by atoms with Crippen molar-refractivity contribution < 1.29 is 10.1 Å². The third-order valence-electron chi connectivity index (χ3n) is 3.13. The smallest absolute Gasteiger partial charge is 0.151 e. The number of nitrogens with two attached hydrogens (primary N) is 1. The summed E-state index contributed by atoms with van der Waals surface area (Å²) in [6.45, 7) is 0. The Bertz CT molecular complexity index is 138. The average molecular weight is 201 g/mol. The maximum absolute atomic E-state index is 8.77. The Morgan fingerprint density at radius 3 is 1.50 bits per heavy atom. The fourth-order valence-corrected chi connectivity index (χ4v) is 2.13. The Kier molecular flexibility index (Phi) is 5.45. The molecule has 0 aliphatic heterocycles. The second-order valence-corrected chi connectivity index (χ2v) is 4.48. The Morgan fingerprint density at radius 1 is 0.786 bits per heavy atom. The molecule has 3 nitrogen and oxygen atoms in total. The van der Waals surface area contributed by atoms with Gasteiger partial charge in [0.25, 0.3) is 0 Å². The highest BCUT2D eigenvalue weighted by Gasteiger charge is 2.25. The molecule has 3 N–H and O–H groups in total. The van der Waals surface area contributed by atoms with Gasteiger partial charge in [-0.1, -0.05) is 38.5 Å². The molecular formula is C11H23NO2. The Morgan fingerprint density at radius 2 is 1.14 bits per heavy atom. The van der Waals surface area contributed by atoms with Crippen molar-refractivity contribution in [2.75, 3.05) is 0 Å². The summed E-state index contributed by atoms with van der Waals surface area (Å²) in [4.78, 5) is 4.43. The van der Waals surface area contributed by atoms with Crippen molar-refractivity contribution in [3.05, 3.63) is 0 Å². The maximum atomic E-state index is 8.77. The Hall–Kier alpha value is -0.120. The van der Waals surface area contributed by atoms with Crippen LogP contribution in [-0.4, -0.2) is 11.0 Å². The Balaban J connectivity index is 2.35. The number of hydrogen-bond acceptors (Lipinski definition) is 3. The minimum absolute atomic E-state index is 0.773. The molecule has 0 aromatic rings. The van der Waals surface area contributed by atoms with E-state index in [1.807, 2.05) is 0 Å². The minimum atomic E-state index is -0.773. The third-order valence-corrected chi connectivity index (χ3v) is 3.13. The van der Waals surface area contributed by atoms with Gasteiger partial charge in [0.1, 0.15) is 0 Å². The highest BCUT2D eigenvalue weighted by Crippen LogP contribution is 2.23. The van der Waals surface area contributed by atoms with Crippen LogP contribution >= 0.6 is 0 Å². The van der Waals surface area contributed by atoms with Crippen molar-refractivity contribution in [2.45, 2.75) is 69.9 Å². The first-order valence-electron chi connectivity index (χ1n) is 5.88. The molecule has 1 aliphatic rings. The summed E-state index contributed by atoms with van der Waals surface area (Å²) in [5, 5.41) is 8.77. The van der Waals surface area contributed by atoms with Crippen LogP contribution in [0.5, 0.6) is 0 Å². The van der Waals surface area contributed by atoms with E-state index in [2.05, 4.69) is 4.89 Å². The second-order valence-electron chi connectivity index (χ2n) is 4.48. The fourth-order valence-electron chi connectivity index (χ4n) is 2.13. The first-order valence-corrected chi connectivity index (χ1v) is 5.88. The van der Waals surface area contributed by atoms with Gasteiger partial charge < -0.3 is 5.73 Å². The van der Waals surface area contributed by atoms with E-state index in [4.69, 9.17) is 11.0 Å². The van der Waals surface area contributed by atoms with Crippen LogP contribution < -0.4 is 5.73 Å². The number of hydrogen-bond donors (Lipinski definition) is 2. The van der Waals surface area contributed by atoms with E-state index in [-0.39, 0.29) is 0 Å². The predicted octanol–water partition coefficient (Wildman–Crippen LogP) is 3.05. The lowest BCUT2D eigenvalue weighted by molar-refractivity contribution is -0.326. The van der Waals surface area contributed by atoms with Crippen molar-refractivity contribution >= 4 is 0 Å². The Labute approximate surface area is 86.6 Å². The summed E-state index contributed by atoms with van der Waals surface area (Å²) in [7, 11) is 0. The van der Waals surface area contributed by atoms with Crippen LogP contribution in [0.1, 0.15) is 64.2 Å². The average Bonchev–Trinajstić information content (AvgIpc) is 2.24. The van der Waals surface area contributed by atoms with E-state index >= 15 is 0 Å². The fraction of sp³-hybridized carbons (Fsp3) is 1.00. The zero-order chi connectivity index (χ0) is 10.3. The monoisotopic (exact) mass is 201 g/mol. The van der Waals surface area contributed by atoms with Gasteiger partial charge in [0.05, 0.1) is 0 Å². The highest BCUT2D eigenvalue weighted by molar-refractivity contribution is 4.72. The molecule has 3 heteroatoms. The summed E-state index contributed by atoms with van der Waals surface area (Å²) < 4.78 is 0. The molecule has 1 saturated carbocycles. The van der Waals surface area contributed by atoms with Crippen LogP contribution in [0.25, 0.3) is 0 Å². The van der Waals surface area contributed by atoms with E-state index in [0.717, 1.165) is 25.7 Å². The molecule has 0 aromatic heterocycles. The van der Waals surface area contributed by atoms with Gasteiger partial charge in [-0.15, -0.1) is 0 Å². The normalized spacial score (nSPS) is 25.3. The molecule has 0 spiro atoms. The van der Waals surface area contributed by atoms with Crippen LogP contribution in [0.3, 0.4) is 0 Å². The lowest BCUT2D eigenvalue weighted by Crippen LogP contribution is -2.41. The maximum Gasteiger partial charge on any atom is 0.151 e. The van der Waals surface area contributed by atoms with Crippen molar-refractivity contribution in [1.82, 2.24) is 0 Å². The van der Waals surface area contributed by atoms with Gasteiger partial charge in [0.15, 0.2) is 5.72 Å². The largest absolute Gasteiger partial charge is 0.301 e. The molecule has 14 heavy (non-hydrogen) atoms. The minimum Gasteiger partial charge on any atom is -0.301 e. The molecule has 0 bridgehead atoms. The quantitative estimate of drug-likeness (QED) is 0.389. The van der Waals surface area contributed by atoms with Gasteiger partial charge in [-0.2, -0.15) is 0 Å². The SMILES string of the molecule is NC1(OO)CCCCCCCCCC1. The molecule has 0 radical (unpaired) electrons. The molecule has 0 unspecified atom stereocenters. The van der Waals surface area contributed by atoms with Crippen LogP contribution in [0, 0.1) is 0 Å². The summed E-state index contributed by atoms with van der Waals surface area (Å²) >= 11 is 0. The summed E-state index contributed by atoms with van der Waals surface area (Å²) in [5.41, 5.74) is 5.15. The highest BCUT2D eigenvalue weighted by atomic mass is 17.1. The molecule has 1 aliphatic carbocycles. The molecule has 0 amide bonds. The van der Waals surface area contributed by atoms with Crippen LogP contribution in [-0.2, 0) is 4.89 Å². The molecule has 1 fully saturated rings. The third kappa shape index (κ3) is 4.40. The standard InChI is InChI=1S/C11H23NO2/c12-11(14-13)9-7-5-3-1-2-4-6-8-10-11/h13H,1-10,12H2. The van der Waals surface area contributed by atoms with Crippen molar-refractivity contribution in [3.8, 4) is 0 Å². The molecule has 1 rings (SSSR count). The first-order chi connectivity index (χ1) is 6.77. The van der Waals surface area contributed by atoms with Gasteiger partial charge in [-0.05, 0) is 25.7 Å². The van der Waals surface area contributed by atoms with Gasteiger partial charge in [-0.3, -0.25) is 0 Å². The van der Waals surface area contributed by atoms with Gasteiger partial charge >= 0.3 is 0 Å². The summed E-state index contributed by atoms with van der Waals surface area (Å²) in [6.07, 6.45) is 11.4. The molecular weight excluding hydrogens is 178 g/mol. The van der Waals surface area contributed by atoms with E-state index in [9.17, 15) is 0 Å². The predicted molar refractivity (Wildman–Crippen MR) is 56.8 cm³/mol. The zero-order valence-corrected chi connectivity index (χ0v) is 9.00. The molecule has 84 valence electrons. The number of rotatable bonds is 1. The van der Waals surface area contributed by atoms with Gasteiger partial charge in [0, 0.05) is 0 Å². The summed E-state index contributed by atoms with van der Waals surface area (Å²) in [6, 6.07) is 0. The lowest BCUT2D eigenvalue weighted by Gasteiger charge is -2.25. The lowest BCUT2D eigenvalue weighted by atomic mass is 10.00. The van der Waals surface area contributed by atoms with Crippen LogP contribution in [0.2, 0.25) is 0 Å². The van der Waals surface area contributed by atoms with E-state index in [1.54, 1.807) is 0 Å². The second kappa shape index (κ2) is 6.38. The van der Waals surface area contributed by atoms with Crippen LogP contribution in [0.15, 0.2) is 0 Å². The van der Waals surface area contributed by atoms with Gasteiger partial charge in [-0.25, -0.2) is 10.1 Å². The van der Waals surface area contributed by atoms with Crippen molar-refractivity contribution in [3.63, 3.8) is 0 Å². The first kappa shape index (κ1) is 12.0. The topological polar surface area (TPSA) is 55.5 Å². The molecule has 0 heterocycles.